The minimum absolute atomic E-state index is 0.161. The molecular weight excluding hydrogens is 192 g/mol. The van der Waals surface area contributed by atoms with Gasteiger partial charge in [0.05, 0.1) is 18.8 Å². The molecule has 0 spiro atoms. The van der Waals surface area contributed by atoms with Crippen molar-refractivity contribution in [1.82, 2.24) is 15.0 Å². The van der Waals surface area contributed by atoms with Crippen LogP contribution in [0.4, 0.5) is 0 Å². The van der Waals surface area contributed by atoms with Gasteiger partial charge in [0.25, 0.3) is 0 Å². The van der Waals surface area contributed by atoms with Gasteiger partial charge in [-0.3, -0.25) is 0 Å². The zero-order chi connectivity index (χ0) is 11.7. The van der Waals surface area contributed by atoms with Crippen molar-refractivity contribution in [3.8, 4) is 0 Å². The first-order valence-electron chi connectivity index (χ1n) is 5.45. The average molecular weight is 212 g/mol. The summed E-state index contributed by atoms with van der Waals surface area (Å²) in [6, 6.07) is 0. The predicted octanol–water partition coefficient (Wildman–Crippen LogP) is 2.30. The molecule has 1 atom stereocenters. The number of rotatable bonds is 0. The fourth-order valence-corrected chi connectivity index (χ4v) is 0.964. The van der Waals surface area contributed by atoms with Crippen molar-refractivity contribution in [1.29, 1.82) is 0 Å². The molecule has 0 N–H and O–H groups in total. The zero-order valence-corrected chi connectivity index (χ0v) is 10.1. The summed E-state index contributed by atoms with van der Waals surface area (Å²) < 4.78 is 1.61. The van der Waals surface area contributed by atoms with Crippen molar-refractivity contribution in [3.05, 3.63) is 12.4 Å². The molecule has 0 aromatic carbocycles. The van der Waals surface area contributed by atoms with Gasteiger partial charge in [-0.1, -0.05) is 38.1 Å². The van der Waals surface area contributed by atoms with E-state index in [0.717, 1.165) is 12.3 Å². The summed E-state index contributed by atoms with van der Waals surface area (Å²) in [5.74, 6) is 0.815. The molecule has 1 unspecified atom stereocenters. The Morgan fingerprint density at radius 2 is 2.00 bits per heavy atom. The third-order valence-electron chi connectivity index (χ3n) is 1.50. The lowest BCUT2D eigenvalue weighted by molar-refractivity contribution is 0.0994. The van der Waals surface area contributed by atoms with Crippen LogP contribution in [0, 0.1) is 0 Å². The number of nitrogens with zero attached hydrogens (tertiary/aromatic N) is 4. The van der Waals surface area contributed by atoms with Gasteiger partial charge in [0.1, 0.15) is 6.10 Å². The van der Waals surface area contributed by atoms with E-state index in [2.05, 4.69) is 15.5 Å². The lowest BCUT2D eigenvalue weighted by atomic mass is 10.3. The molecule has 15 heavy (non-hydrogen) atoms. The Morgan fingerprint density at radius 1 is 1.33 bits per heavy atom. The lowest BCUT2D eigenvalue weighted by Gasteiger charge is -1.95. The van der Waals surface area contributed by atoms with Gasteiger partial charge in [-0.05, 0) is 6.92 Å². The minimum atomic E-state index is 0.161. The van der Waals surface area contributed by atoms with Crippen LogP contribution < -0.4 is 0 Å². The third kappa shape index (κ3) is 4.10. The molecule has 0 bridgehead atoms. The molecule has 1 aliphatic heterocycles. The maximum absolute atomic E-state index is 4.99. The Kier molecular flexibility index (Phi) is 7.23. The molecule has 5 heteroatoms. The Morgan fingerprint density at radius 3 is 2.40 bits per heavy atom. The van der Waals surface area contributed by atoms with Gasteiger partial charge in [0.15, 0.2) is 5.84 Å². The summed E-state index contributed by atoms with van der Waals surface area (Å²) in [5.41, 5.74) is 0. The van der Waals surface area contributed by atoms with E-state index in [9.17, 15) is 0 Å². The Labute approximate surface area is 91.1 Å². The van der Waals surface area contributed by atoms with Gasteiger partial charge >= 0.3 is 0 Å². The van der Waals surface area contributed by atoms with Crippen LogP contribution in [0.1, 0.15) is 41.0 Å². The molecule has 0 fully saturated rings. The van der Waals surface area contributed by atoms with Gasteiger partial charge in [0, 0.05) is 0 Å². The van der Waals surface area contributed by atoms with Crippen LogP contribution >= 0.6 is 0 Å². The molecule has 86 valence electrons. The molecule has 1 aromatic heterocycles. The second-order valence-corrected chi connectivity index (χ2v) is 2.48. The highest BCUT2D eigenvalue weighted by molar-refractivity contribution is 5.84. The van der Waals surface area contributed by atoms with Crippen LogP contribution in [-0.4, -0.2) is 26.9 Å². The first kappa shape index (κ1) is 13.6. The summed E-state index contributed by atoms with van der Waals surface area (Å²) >= 11 is 0. The van der Waals surface area contributed by atoms with Crippen molar-refractivity contribution in [2.45, 2.75) is 47.1 Å². The summed E-state index contributed by atoms with van der Waals surface area (Å²) in [4.78, 5) is 4.99. The predicted molar refractivity (Wildman–Crippen MR) is 60.7 cm³/mol. The van der Waals surface area contributed by atoms with Crippen LogP contribution in [0.2, 0.25) is 0 Å². The number of hydrogen-bond acceptors (Lipinski definition) is 4. The SMILES string of the molecule is CC.CC.CC1CC(n2ccnn2)=NO1. The maximum atomic E-state index is 4.99. The monoisotopic (exact) mass is 212 g/mol. The van der Waals surface area contributed by atoms with Gasteiger partial charge < -0.3 is 4.84 Å². The van der Waals surface area contributed by atoms with Crippen LogP contribution in [-0.2, 0) is 4.84 Å². The first-order chi connectivity index (χ1) is 7.36. The molecule has 0 saturated carbocycles. The highest BCUT2D eigenvalue weighted by Gasteiger charge is 2.17. The average Bonchev–Trinajstić information content (AvgIpc) is 2.94. The Bertz CT molecular complexity index is 269. The molecular formula is C10H20N4O. The van der Waals surface area contributed by atoms with Crippen LogP contribution in [0.15, 0.2) is 17.5 Å². The van der Waals surface area contributed by atoms with Gasteiger partial charge in [-0.25, -0.2) is 4.68 Å². The lowest BCUT2D eigenvalue weighted by Crippen LogP contribution is -2.12. The summed E-state index contributed by atoms with van der Waals surface area (Å²) in [6.07, 6.45) is 4.32. The summed E-state index contributed by atoms with van der Waals surface area (Å²) in [6.45, 7) is 9.97. The molecule has 5 nitrogen and oxygen atoms in total. The van der Waals surface area contributed by atoms with E-state index in [1.807, 2.05) is 34.6 Å². The Balaban J connectivity index is 0.000000442. The molecule has 0 radical (unpaired) electrons. The van der Waals surface area contributed by atoms with Crippen LogP contribution in [0.3, 0.4) is 0 Å². The second kappa shape index (κ2) is 7.96. The van der Waals surface area contributed by atoms with E-state index in [1.54, 1.807) is 17.1 Å². The maximum Gasteiger partial charge on any atom is 0.174 e. The van der Waals surface area contributed by atoms with E-state index in [-0.39, 0.29) is 6.10 Å². The topological polar surface area (TPSA) is 52.3 Å². The van der Waals surface area contributed by atoms with Crippen LogP contribution in [0.25, 0.3) is 0 Å². The quantitative estimate of drug-likeness (QED) is 0.663. The number of aromatic nitrogens is 3. The van der Waals surface area contributed by atoms with Gasteiger partial charge in [-0.2, -0.15) is 0 Å². The highest BCUT2D eigenvalue weighted by atomic mass is 16.6. The Hall–Kier alpha value is -1.39. The van der Waals surface area contributed by atoms with E-state index in [4.69, 9.17) is 4.84 Å². The molecule has 0 saturated heterocycles. The fourth-order valence-electron chi connectivity index (χ4n) is 0.964. The molecule has 2 heterocycles. The summed E-state index contributed by atoms with van der Waals surface area (Å²) in [7, 11) is 0. The van der Waals surface area contributed by atoms with E-state index >= 15 is 0 Å². The van der Waals surface area contributed by atoms with Crippen molar-refractivity contribution >= 4 is 5.84 Å². The molecule has 1 aliphatic rings. The smallest absolute Gasteiger partial charge is 0.174 e. The molecule has 2 rings (SSSR count). The zero-order valence-electron chi connectivity index (χ0n) is 10.1. The normalized spacial score (nSPS) is 17.7. The van der Waals surface area contributed by atoms with Crippen molar-refractivity contribution in [3.63, 3.8) is 0 Å². The molecule has 0 amide bonds. The standard InChI is InChI=1S/C6H8N4O.2C2H6/c1-5-4-6(8-11-5)10-3-2-7-9-10;2*1-2/h2-3,5H,4H2,1H3;2*1-2H3. The van der Waals surface area contributed by atoms with Gasteiger partial charge in [-0.15, -0.1) is 5.10 Å². The summed E-state index contributed by atoms with van der Waals surface area (Å²) in [5, 5.41) is 11.3. The van der Waals surface area contributed by atoms with E-state index in [1.165, 1.54) is 0 Å². The number of oxime groups is 1. The first-order valence-corrected chi connectivity index (χ1v) is 5.45. The second-order valence-electron chi connectivity index (χ2n) is 2.48. The third-order valence-corrected chi connectivity index (χ3v) is 1.50. The van der Waals surface area contributed by atoms with E-state index in [0.29, 0.717) is 0 Å². The van der Waals surface area contributed by atoms with E-state index < -0.39 is 0 Å². The van der Waals surface area contributed by atoms with Crippen molar-refractivity contribution in [2.24, 2.45) is 5.16 Å². The molecule has 0 aliphatic carbocycles. The minimum Gasteiger partial charge on any atom is -0.391 e. The fraction of sp³-hybridized carbons (Fsp3) is 0.700. The highest BCUT2D eigenvalue weighted by Crippen LogP contribution is 2.09. The number of hydrogen-bond donors (Lipinski definition) is 0. The largest absolute Gasteiger partial charge is 0.391 e. The van der Waals surface area contributed by atoms with Crippen molar-refractivity contribution < 1.29 is 4.84 Å². The molecule has 1 aromatic rings. The van der Waals surface area contributed by atoms with Crippen LogP contribution in [0.5, 0.6) is 0 Å². The van der Waals surface area contributed by atoms with Gasteiger partial charge in [0.2, 0.25) is 0 Å². The van der Waals surface area contributed by atoms with Crippen molar-refractivity contribution in [2.75, 3.05) is 0 Å².